The highest BCUT2D eigenvalue weighted by Crippen LogP contribution is 2.32. The minimum atomic E-state index is -0.257. The largest absolute Gasteiger partial charge is 0.485 e. The van der Waals surface area contributed by atoms with Crippen molar-refractivity contribution in [1.82, 2.24) is 0 Å². The molecule has 0 spiro atoms. The fourth-order valence-corrected chi connectivity index (χ4v) is 2.76. The molecule has 0 saturated carbocycles. The van der Waals surface area contributed by atoms with Crippen LogP contribution in [-0.2, 0) is 4.79 Å². The third-order valence-electron chi connectivity index (χ3n) is 4.36. The predicted molar refractivity (Wildman–Crippen MR) is 94.4 cm³/mol. The van der Waals surface area contributed by atoms with Gasteiger partial charge < -0.3 is 10.1 Å². The summed E-state index contributed by atoms with van der Waals surface area (Å²) in [7, 11) is 0. The van der Waals surface area contributed by atoms with Crippen molar-refractivity contribution < 1.29 is 19.1 Å². The molecule has 1 heterocycles. The summed E-state index contributed by atoms with van der Waals surface area (Å²) in [4.78, 5) is 35.6. The van der Waals surface area contributed by atoms with Gasteiger partial charge in [-0.2, -0.15) is 0 Å². The van der Waals surface area contributed by atoms with Gasteiger partial charge >= 0.3 is 0 Å². The molecule has 1 atom stereocenters. The second-order valence-corrected chi connectivity index (χ2v) is 6.03. The van der Waals surface area contributed by atoms with Crippen molar-refractivity contribution in [2.45, 2.75) is 26.2 Å². The molecule has 0 aromatic heterocycles. The first kappa shape index (κ1) is 16.9. The Morgan fingerprint density at radius 1 is 1.04 bits per heavy atom. The molecule has 1 amide bonds. The van der Waals surface area contributed by atoms with E-state index in [9.17, 15) is 14.4 Å². The number of nitrogens with one attached hydrogen (secondary N) is 1. The van der Waals surface area contributed by atoms with Gasteiger partial charge in [0.1, 0.15) is 5.75 Å². The molecular weight excluding hydrogens is 318 g/mol. The first-order chi connectivity index (χ1) is 12.0. The van der Waals surface area contributed by atoms with Crippen molar-refractivity contribution in [1.29, 1.82) is 0 Å². The van der Waals surface area contributed by atoms with E-state index >= 15 is 0 Å². The van der Waals surface area contributed by atoms with Crippen LogP contribution in [-0.4, -0.2) is 24.1 Å². The summed E-state index contributed by atoms with van der Waals surface area (Å²) in [5, 5.41) is 2.78. The maximum atomic E-state index is 12.3. The molecule has 1 aliphatic rings. The van der Waals surface area contributed by atoms with Gasteiger partial charge in [0.05, 0.1) is 5.92 Å². The Morgan fingerprint density at radius 2 is 1.72 bits per heavy atom. The third-order valence-corrected chi connectivity index (χ3v) is 4.36. The Balaban J connectivity index is 1.65. The molecule has 1 aliphatic heterocycles. The highest BCUT2D eigenvalue weighted by atomic mass is 16.5. The van der Waals surface area contributed by atoms with Crippen LogP contribution in [0.4, 0.5) is 5.69 Å². The number of benzene rings is 2. The van der Waals surface area contributed by atoms with Crippen molar-refractivity contribution >= 4 is 23.2 Å². The fraction of sp³-hybridized carbons (Fsp3) is 0.250. The van der Waals surface area contributed by atoms with Gasteiger partial charge in [0.25, 0.3) is 0 Å². The Labute approximate surface area is 146 Å². The molecule has 0 bridgehead atoms. The lowest BCUT2D eigenvalue weighted by molar-refractivity contribution is -0.116. The van der Waals surface area contributed by atoms with E-state index < -0.39 is 0 Å². The van der Waals surface area contributed by atoms with Crippen LogP contribution < -0.4 is 10.1 Å². The van der Waals surface area contributed by atoms with Crippen LogP contribution >= 0.6 is 0 Å². The van der Waals surface area contributed by atoms with Gasteiger partial charge in [-0.1, -0.05) is 6.92 Å². The van der Waals surface area contributed by atoms with Crippen molar-refractivity contribution in [2.24, 2.45) is 0 Å². The van der Waals surface area contributed by atoms with Crippen LogP contribution in [0.5, 0.6) is 5.75 Å². The maximum absolute atomic E-state index is 12.3. The van der Waals surface area contributed by atoms with E-state index in [2.05, 4.69) is 5.32 Å². The number of ketones is 2. The number of hydrogen-bond donors (Lipinski definition) is 1. The minimum Gasteiger partial charge on any atom is -0.485 e. The topological polar surface area (TPSA) is 72.5 Å². The van der Waals surface area contributed by atoms with E-state index in [0.717, 1.165) is 11.3 Å². The third kappa shape index (κ3) is 3.45. The van der Waals surface area contributed by atoms with E-state index in [0.29, 0.717) is 23.3 Å². The van der Waals surface area contributed by atoms with E-state index in [1.165, 1.54) is 0 Å². The lowest BCUT2D eigenvalue weighted by Crippen LogP contribution is -2.12. The Hall–Kier alpha value is -2.95. The summed E-state index contributed by atoms with van der Waals surface area (Å²) in [6.07, 6.45) is 0.451. The molecule has 5 heteroatoms. The Kier molecular flexibility index (Phi) is 4.65. The van der Waals surface area contributed by atoms with E-state index in [4.69, 9.17) is 4.74 Å². The molecule has 0 saturated heterocycles. The lowest BCUT2D eigenvalue weighted by atomic mass is 9.99. The zero-order valence-corrected chi connectivity index (χ0v) is 14.2. The molecule has 128 valence electrons. The number of carbonyl (C=O) groups is 3. The standard InChI is InChI=1S/C20H19NO4/c1-3-18(22)13-4-7-15(8-5-13)25-11-19(23)14-6-9-17-16(10-14)12(2)20(24)21-17/h4-10,12H,3,11H2,1-2H3,(H,21,24)/t12-/m0/s1. The van der Waals surface area contributed by atoms with E-state index in [1.807, 2.05) is 13.8 Å². The number of hydrogen-bond acceptors (Lipinski definition) is 4. The summed E-state index contributed by atoms with van der Waals surface area (Å²) in [5.74, 6) is 0.123. The molecule has 3 rings (SSSR count). The van der Waals surface area contributed by atoms with Crippen molar-refractivity contribution in [3.8, 4) is 5.75 Å². The monoisotopic (exact) mass is 337 g/mol. The van der Waals surface area contributed by atoms with Gasteiger partial charge in [-0.05, 0) is 55.0 Å². The van der Waals surface area contributed by atoms with E-state index in [-0.39, 0.29) is 30.0 Å². The summed E-state index contributed by atoms with van der Waals surface area (Å²) < 4.78 is 5.51. The molecule has 1 N–H and O–H groups in total. The van der Waals surface area contributed by atoms with Crippen LogP contribution in [0.25, 0.3) is 0 Å². The molecule has 2 aromatic carbocycles. The van der Waals surface area contributed by atoms with Crippen LogP contribution in [0, 0.1) is 0 Å². The predicted octanol–water partition coefficient (Wildman–Crippen LogP) is 3.60. The van der Waals surface area contributed by atoms with E-state index in [1.54, 1.807) is 42.5 Å². The molecule has 0 radical (unpaired) electrons. The Morgan fingerprint density at radius 3 is 2.40 bits per heavy atom. The van der Waals surface area contributed by atoms with Gasteiger partial charge in [0, 0.05) is 23.2 Å². The van der Waals surface area contributed by atoms with Crippen LogP contribution in [0.15, 0.2) is 42.5 Å². The second-order valence-electron chi connectivity index (χ2n) is 6.03. The molecule has 0 aliphatic carbocycles. The van der Waals surface area contributed by atoms with Gasteiger partial charge in [0.15, 0.2) is 18.2 Å². The van der Waals surface area contributed by atoms with Crippen LogP contribution in [0.2, 0.25) is 0 Å². The average molecular weight is 337 g/mol. The smallest absolute Gasteiger partial charge is 0.231 e. The highest BCUT2D eigenvalue weighted by molar-refractivity contribution is 6.05. The number of ether oxygens (including phenoxy) is 1. The minimum absolute atomic E-state index is 0.0578. The molecule has 5 nitrogen and oxygen atoms in total. The quantitative estimate of drug-likeness (QED) is 0.818. The van der Waals surface area contributed by atoms with Gasteiger partial charge in [-0.3, -0.25) is 14.4 Å². The van der Waals surface area contributed by atoms with Crippen molar-refractivity contribution in [3.63, 3.8) is 0 Å². The summed E-state index contributed by atoms with van der Waals surface area (Å²) in [6.45, 7) is 3.52. The van der Waals surface area contributed by atoms with Gasteiger partial charge in [-0.15, -0.1) is 0 Å². The molecule has 25 heavy (non-hydrogen) atoms. The number of anilines is 1. The Bertz CT molecular complexity index is 839. The first-order valence-electron chi connectivity index (χ1n) is 8.23. The number of fused-ring (bicyclic) bond motifs is 1. The molecule has 0 fully saturated rings. The number of carbonyl (C=O) groups excluding carboxylic acids is 3. The van der Waals surface area contributed by atoms with Crippen molar-refractivity contribution in [3.05, 3.63) is 59.2 Å². The molecular formula is C20H19NO4. The fourth-order valence-electron chi connectivity index (χ4n) is 2.76. The highest BCUT2D eigenvalue weighted by Gasteiger charge is 2.27. The maximum Gasteiger partial charge on any atom is 0.231 e. The van der Waals surface area contributed by atoms with Crippen LogP contribution in [0.3, 0.4) is 0 Å². The number of rotatable bonds is 6. The van der Waals surface area contributed by atoms with Gasteiger partial charge in [0.2, 0.25) is 5.91 Å². The SMILES string of the molecule is CCC(=O)c1ccc(OCC(=O)c2ccc3c(c2)[C@H](C)C(=O)N3)cc1. The van der Waals surface area contributed by atoms with Crippen LogP contribution in [0.1, 0.15) is 52.5 Å². The first-order valence-corrected chi connectivity index (χ1v) is 8.23. The number of amides is 1. The average Bonchev–Trinajstić information content (AvgIpc) is 2.93. The summed E-state index contributed by atoms with van der Waals surface area (Å²) >= 11 is 0. The van der Waals surface area contributed by atoms with Gasteiger partial charge in [-0.25, -0.2) is 0 Å². The number of Topliss-reactive ketones (excluding diaryl/α,β-unsaturated/α-hetero) is 2. The molecule has 0 unspecified atom stereocenters. The van der Waals surface area contributed by atoms with Crippen molar-refractivity contribution in [2.75, 3.05) is 11.9 Å². The second kappa shape index (κ2) is 6.89. The zero-order chi connectivity index (χ0) is 18.0. The zero-order valence-electron chi connectivity index (χ0n) is 14.2. The summed E-state index contributed by atoms with van der Waals surface area (Å²) in [5.41, 5.74) is 2.73. The lowest BCUT2D eigenvalue weighted by Gasteiger charge is -2.08. The molecule has 2 aromatic rings. The summed E-state index contributed by atoms with van der Waals surface area (Å²) in [6, 6.07) is 11.9. The normalized spacial score (nSPS) is 15.4.